The fourth-order valence-corrected chi connectivity index (χ4v) is 2.06. The van der Waals surface area contributed by atoms with Crippen LogP contribution in [0.2, 0.25) is 5.02 Å². The normalized spacial score (nSPS) is 10.1. The monoisotopic (exact) mass is 289 g/mol. The van der Waals surface area contributed by atoms with Gasteiger partial charge in [0.15, 0.2) is 0 Å². The van der Waals surface area contributed by atoms with Gasteiger partial charge in [-0.1, -0.05) is 35.9 Å². The van der Waals surface area contributed by atoms with Gasteiger partial charge in [0.1, 0.15) is 0 Å². The molecule has 2 aromatic rings. The number of amides is 1. The average molecular weight is 290 g/mol. The van der Waals surface area contributed by atoms with Gasteiger partial charge in [0, 0.05) is 0 Å². The number of hydrogen-bond acceptors (Lipinski definition) is 2. The van der Waals surface area contributed by atoms with Gasteiger partial charge in [-0.3, -0.25) is 4.79 Å². The minimum Gasteiger partial charge on any atom is -0.478 e. The quantitative estimate of drug-likeness (QED) is 0.860. The Labute approximate surface area is 121 Å². The number of nitrogens with zero attached hydrogens (tertiary/aromatic N) is 1. The minimum absolute atomic E-state index is 0.212. The lowest BCUT2D eigenvalue weighted by Crippen LogP contribution is -2.20. The molecule has 102 valence electrons. The van der Waals surface area contributed by atoms with Crippen molar-refractivity contribution >= 4 is 29.7 Å². The molecule has 1 amide bonds. The summed E-state index contributed by atoms with van der Waals surface area (Å²) in [6.45, 7) is 0.327. The van der Waals surface area contributed by atoms with E-state index in [1.807, 2.05) is 0 Å². The fraction of sp³-hybridized carbons (Fsp3) is 0.0667. The molecule has 2 aromatic carbocycles. The molecule has 2 rings (SSSR count). The summed E-state index contributed by atoms with van der Waals surface area (Å²) in [6.07, 6.45) is 0.701. The Bertz CT molecular complexity index is 625. The third kappa shape index (κ3) is 3.16. The van der Waals surface area contributed by atoms with Crippen LogP contribution in [0.15, 0.2) is 48.5 Å². The predicted molar refractivity (Wildman–Crippen MR) is 77.1 cm³/mol. The highest BCUT2D eigenvalue weighted by Crippen LogP contribution is 2.25. The van der Waals surface area contributed by atoms with Gasteiger partial charge in [0.2, 0.25) is 6.41 Å². The zero-order valence-electron chi connectivity index (χ0n) is 10.5. The van der Waals surface area contributed by atoms with Gasteiger partial charge in [-0.15, -0.1) is 0 Å². The molecule has 1 N–H and O–H groups in total. The molecule has 0 saturated carbocycles. The van der Waals surface area contributed by atoms with Crippen molar-refractivity contribution in [3.8, 4) is 0 Å². The second-order valence-electron chi connectivity index (χ2n) is 4.19. The number of anilines is 1. The lowest BCUT2D eigenvalue weighted by molar-refractivity contribution is -0.107. The Morgan fingerprint density at radius 1 is 1.15 bits per heavy atom. The highest BCUT2D eigenvalue weighted by atomic mass is 35.5. The second kappa shape index (κ2) is 6.21. The average Bonchev–Trinajstić information content (AvgIpc) is 2.46. The Kier molecular flexibility index (Phi) is 4.38. The van der Waals surface area contributed by atoms with Crippen molar-refractivity contribution in [1.29, 1.82) is 0 Å². The van der Waals surface area contributed by atoms with Crippen molar-refractivity contribution in [2.24, 2.45) is 0 Å². The lowest BCUT2D eigenvalue weighted by atomic mass is 10.1. The van der Waals surface area contributed by atoms with Crippen LogP contribution in [0.1, 0.15) is 15.9 Å². The summed E-state index contributed by atoms with van der Waals surface area (Å²) in [5, 5.41) is 9.32. The van der Waals surface area contributed by atoms with E-state index in [1.165, 1.54) is 17.0 Å². The highest BCUT2D eigenvalue weighted by molar-refractivity contribution is 6.33. The molecule has 0 atom stereocenters. The Morgan fingerprint density at radius 2 is 1.80 bits per heavy atom. The van der Waals surface area contributed by atoms with Crippen LogP contribution in [-0.2, 0) is 11.3 Å². The predicted octanol–water partition coefficient (Wildman–Crippen LogP) is 3.20. The number of carboxylic acid groups (broad SMARTS) is 1. The number of rotatable bonds is 5. The maximum Gasteiger partial charge on any atom is 0.335 e. The topological polar surface area (TPSA) is 57.6 Å². The molecule has 20 heavy (non-hydrogen) atoms. The van der Waals surface area contributed by atoms with Gasteiger partial charge in [-0.25, -0.2) is 4.79 Å². The van der Waals surface area contributed by atoms with Gasteiger partial charge in [-0.05, 0) is 29.8 Å². The van der Waals surface area contributed by atoms with Crippen LogP contribution in [0, 0.1) is 0 Å². The summed E-state index contributed by atoms with van der Waals surface area (Å²) in [5.41, 5.74) is 1.65. The van der Waals surface area contributed by atoms with Crippen molar-refractivity contribution in [2.75, 3.05) is 4.90 Å². The summed E-state index contributed by atoms with van der Waals surface area (Å²) in [7, 11) is 0. The lowest BCUT2D eigenvalue weighted by Gasteiger charge is -2.18. The third-order valence-corrected chi connectivity index (χ3v) is 3.16. The summed E-state index contributed by atoms with van der Waals surface area (Å²) >= 11 is 6.05. The van der Waals surface area contributed by atoms with E-state index in [-0.39, 0.29) is 5.56 Å². The van der Waals surface area contributed by atoms with Gasteiger partial charge in [0.05, 0.1) is 22.8 Å². The molecule has 0 heterocycles. The van der Waals surface area contributed by atoms with Crippen LogP contribution in [0.3, 0.4) is 0 Å². The molecule has 0 aromatic heterocycles. The van der Waals surface area contributed by atoms with Crippen molar-refractivity contribution in [2.45, 2.75) is 6.54 Å². The summed E-state index contributed by atoms with van der Waals surface area (Å²) in [5.74, 6) is -0.977. The zero-order valence-corrected chi connectivity index (χ0v) is 11.2. The Morgan fingerprint density at radius 3 is 2.35 bits per heavy atom. The van der Waals surface area contributed by atoms with E-state index in [0.717, 1.165) is 5.56 Å². The van der Waals surface area contributed by atoms with E-state index < -0.39 is 5.97 Å². The number of carboxylic acids is 1. The summed E-state index contributed by atoms with van der Waals surface area (Å²) < 4.78 is 0. The molecule has 0 aliphatic heterocycles. The largest absolute Gasteiger partial charge is 0.478 e. The van der Waals surface area contributed by atoms with Crippen LogP contribution >= 0.6 is 11.6 Å². The molecular formula is C15H12ClNO3. The van der Waals surface area contributed by atoms with Gasteiger partial charge >= 0.3 is 5.97 Å². The molecule has 5 heteroatoms. The zero-order chi connectivity index (χ0) is 14.5. The molecule has 0 saturated heterocycles. The van der Waals surface area contributed by atoms with E-state index in [4.69, 9.17) is 16.7 Å². The number of benzene rings is 2. The minimum atomic E-state index is -0.977. The maximum absolute atomic E-state index is 11.2. The van der Waals surface area contributed by atoms with Gasteiger partial charge < -0.3 is 10.0 Å². The first-order valence-corrected chi connectivity index (χ1v) is 6.28. The van der Waals surface area contributed by atoms with Crippen LogP contribution in [0.5, 0.6) is 0 Å². The van der Waals surface area contributed by atoms with E-state index in [9.17, 15) is 9.59 Å². The SMILES string of the molecule is O=CN(Cc1ccc(C(=O)O)cc1)c1ccccc1Cl. The molecule has 0 unspecified atom stereocenters. The van der Waals surface area contributed by atoms with E-state index in [1.54, 1.807) is 36.4 Å². The Hall–Kier alpha value is -2.33. The molecule has 0 fully saturated rings. The Balaban J connectivity index is 2.20. The van der Waals surface area contributed by atoms with E-state index >= 15 is 0 Å². The van der Waals surface area contributed by atoms with Crippen LogP contribution in [0.25, 0.3) is 0 Å². The van der Waals surface area contributed by atoms with Gasteiger partial charge in [0.25, 0.3) is 0 Å². The maximum atomic E-state index is 11.2. The molecule has 0 spiro atoms. The summed E-state index contributed by atoms with van der Waals surface area (Å²) in [6, 6.07) is 13.4. The number of carbonyl (C=O) groups excluding carboxylic acids is 1. The number of aromatic carboxylic acids is 1. The number of carbonyl (C=O) groups is 2. The van der Waals surface area contributed by atoms with Gasteiger partial charge in [-0.2, -0.15) is 0 Å². The van der Waals surface area contributed by atoms with Crippen molar-refractivity contribution in [3.05, 3.63) is 64.7 Å². The van der Waals surface area contributed by atoms with E-state index in [2.05, 4.69) is 0 Å². The summed E-state index contributed by atoms with van der Waals surface area (Å²) in [4.78, 5) is 23.5. The first-order chi connectivity index (χ1) is 9.61. The van der Waals surface area contributed by atoms with Crippen molar-refractivity contribution in [3.63, 3.8) is 0 Å². The molecule has 4 nitrogen and oxygen atoms in total. The standard InChI is InChI=1S/C15H12ClNO3/c16-13-3-1-2-4-14(13)17(10-18)9-11-5-7-12(8-6-11)15(19)20/h1-8,10H,9H2,(H,19,20). The first-order valence-electron chi connectivity index (χ1n) is 5.90. The third-order valence-electron chi connectivity index (χ3n) is 2.84. The molecular weight excluding hydrogens is 278 g/mol. The molecule has 0 radical (unpaired) electrons. The van der Waals surface area contributed by atoms with Crippen LogP contribution in [-0.4, -0.2) is 17.5 Å². The number of halogens is 1. The van der Waals surface area contributed by atoms with Crippen molar-refractivity contribution < 1.29 is 14.7 Å². The van der Waals surface area contributed by atoms with Crippen LogP contribution in [0.4, 0.5) is 5.69 Å². The molecule has 0 aliphatic rings. The fourth-order valence-electron chi connectivity index (χ4n) is 1.81. The van der Waals surface area contributed by atoms with Crippen molar-refractivity contribution in [1.82, 2.24) is 0 Å². The number of para-hydroxylation sites is 1. The first kappa shape index (κ1) is 14.1. The highest BCUT2D eigenvalue weighted by Gasteiger charge is 2.10. The second-order valence-corrected chi connectivity index (χ2v) is 4.59. The smallest absolute Gasteiger partial charge is 0.335 e. The number of hydrogen-bond donors (Lipinski definition) is 1. The molecule has 0 aliphatic carbocycles. The van der Waals surface area contributed by atoms with E-state index in [0.29, 0.717) is 23.7 Å². The molecule has 0 bridgehead atoms. The van der Waals surface area contributed by atoms with Crippen LogP contribution < -0.4 is 4.90 Å².